The molecule has 1 saturated heterocycles. The molecule has 2 aromatic rings. The number of urea groups is 1. The molecule has 4 rings (SSSR count). The summed E-state index contributed by atoms with van der Waals surface area (Å²) in [5.41, 5.74) is 3.25. The average Bonchev–Trinajstić information content (AvgIpc) is 3.32. The van der Waals surface area contributed by atoms with Gasteiger partial charge in [-0.1, -0.05) is 78.5 Å². The van der Waals surface area contributed by atoms with Crippen molar-refractivity contribution in [2.24, 2.45) is 0 Å². The van der Waals surface area contributed by atoms with Crippen molar-refractivity contribution < 1.29 is 14.3 Å². The van der Waals surface area contributed by atoms with Crippen LogP contribution in [0.15, 0.2) is 82.7 Å². The van der Waals surface area contributed by atoms with Gasteiger partial charge in [-0.3, -0.25) is 9.69 Å². The molecule has 2 heterocycles. The zero-order valence-corrected chi connectivity index (χ0v) is 18.4. The first kappa shape index (κ1) is 21.2. The molecule has 0 saturated carbocycles. The number of carbonyl (C=O) groups is 2. The molecule has 0 radical (unpaired) electrons. The molecule has 0 spiro atoms. The molecule has 1 atom stereocenters. The second-order valence-electron chi connectivity index (χ2n) is 7.61. The maximum absolute atomic E-state index is 13.4. The lowest BCUT2D eigenvalue weighted by Crippen LogP contribution is -2.34. The van der Waals surface area contributed by atoms with Crippen LogP contribution in [0.1, 0.15) is 30.4 Å². The van der Waals surface area contributed by atoms with Crippen molar-refractivity contribution >= 4 is 23.8 Å². The van der Waals surface area contributed by atoms with E-state index in [-0.39, 0.29) is 18.0 Å². The fraction of sp³-hybridized carbons (Fsp3) is 0.280. The predicted octanol–water partition coefficient (Wildman–Crippen LogP) is 5.31. The van der Waals surface area contributed by atoms with Crippen LogP contribution in [0.4, 0.5) is 4.79 Å². The smallest absolute Gasteiger partial charge is 0.325 e. The van der Waals surface area contributed by atoms with Crippen LogP contribution in [-0.4, -0.2) is 35.0 Å². The highest BCUT2D eigenvalue weighted by Crippen LogP contribution is 2.45. The number of hydrogen-bond donors (Lipinski definition) is 0. The molecule has 0 bridgehead atoms. The summed E-state index contributed by atoms with van der Waals surface area (Å²) in [5, 5.41) is 2.10. The van der Waals surface area contributed by atoms with Crippen molar-refractivity contribution in [2.75, 3.05) is 7.11 Å². The Hall–Kier alpha value is -2.99. The molecular weight excluding hydrogens is 408 g/mol. The fourth-order valence-electron chi connectivity index (χ4n) is 3.92. The number of rotatable bonds is 8. The van der Waals surface area contributed by atoms with Crippen LogP contribution in [0.25, 0.3) is 0 Å². The SMILES string of the molecule is COC(=O)CCCC=C1SC=C2[C@@H]1N(Cc1ccccc1)C(=O)N2Cc1ccccc1. The van der Waals surface area contributed by atoms with Crippen molar-refractivity contribution in [3.05, 3.63) is 93.9 Å². The van der Waals surface area contributed by atoms with E-state index in [2.05, 4.69) is 23.6 Å². The topological polar surface area (TPSA) is 49.9 Å². The fourth-order valence-corrected chi connectivity index (χ4v) is 5.02. The summed E-state index contributed by atoms with van der Waals surface area (Å²) in [4.78, 5) is 29.8. The van der Waals surface area contributed by atoms with Gasteiger partial charge in [0, 0.05) is 17.9 Å². The summed E-state index contributed by atoms with van der Waals surface area (Å²) >= 11 is 1.68. The minimum atomic E-state index is -0.188. The number of esters is 1. The molecule has 2 amide bonds. The normalized spacial score (nSPS) is 19.0. The molecule has 0 N–H and O–H groups in total. The number of benzene rings is 2. The van der Waals surface area contributed by atoms with E-state index >= 15 is 0 Å². The number of fused-ring (bicyclic) bond motifs is 1. The van der Waals surface area contributed by atoms with E-state index in [1.807, 2.05) is 58.3 Å². The molecule has 5 nitrogen and oxygen atoms in total. The Morgan fingerprint density at radius 1 is 1.03 bits per heavy atom. The van der Waals surface area contributed by atoms with Crippen molar-refractivity contribution in [2.45, 2.75) is 38.4 Å². The Morgan fingerprint density at radius 3 is 2.32 bits per heavy atom. The van der Waals surface area contributed by atoms with Gasteiger partial charge in [0.05, 0.1) is 19.4 Å². The molecule has 2 aliphatic heterocycles. The van der Waals surface area contributed by atoms with Gasteiger partial charge in [-0.15, -0.1) is 0 Å². The van der Waals surface area contributed by atoms with Crippen LogP contribution in [0.3, 0.4) is 0 Å². The molecule has 0 aromatic heterocycles. The lowest BCUT2D eigenvalue weighted by atomic mass is 10.1. The maximum Gasteiger partial charge on any atom is 0.325 e. The summed E-state index contributed by atoms with van der Waals surface area (Å²) in [6.07, 6.45) is 4.09. The quantitative estimate of drug-likeness (QED) is 0.417. The Bertz CT molecular complexity index is 988. The third-order valence-electron chi connectivity index (χ3n) is 5.50. The second kappa shape index (κ2) is 9.88. The number of unbranched alkanes of at least 4 members (excludes halogenated alkanes) is 1. The minimum absolute atomic E-state index is 0.0321. The number of carbonyl (C=O) groups excluding carboxylic acids is 2. The summed E-state index contributed by atoms with van der Waals surface area (Å²) in [5.74, 6) is -0.188. The van der Waals surface area contributed by atoms with Gasteiger partial charge in [-0.2, -0.15) is 0 Å². The van der Waals surface area contributed by atoms with Crippen LogP contribution >= 0.6 is 11.8 Å². The lowest BCUT2D eigenvalue weighted by Gasteiger charge is -2.23. The first-order chi connectivity index (χ1) is 15.2. The van der Waals surface area contributed by atoms with Gasteiger partial charge in [0.15, 0.2) is 0 Å². The molecule has 31 heavy (non-hydrogen) atoms. The lowest BCUT2D eigenvalue weighted by molar-refractivity contribution is -0.140. The third-order valence-corrected chi connectivity index (χ3v) is 6.52. The van der Waals surface area contributed by atoms with E-state index in [0.29, 0.717) is 19.5 Å². The highest BCUT2D eigenvalue weighted by atomic mass is 32.2. The van der Waals surface area contributed by atoms with Crippen molar-refractivity contribution in [1.29, 1.82) is 0 Å². The van der Waals surface area contributed by atoms with E-state index in [1.165, 1.54) is 7.11 Å². The first-order valence-corrected chi connectivity index (χ1v) is 11.3. The van der Waals surface area contributed by atoms with E-state index in [4.69, 9.17) is 4.74 Å². The number of hydrogen-bond acceptors (Lipinski definition) is 4. The first-order valence-electron chi connectivity index (χ1n) is 10.5. The maximum atomic E-state index is 13.4. The second-order valence-corrected chi connectivity index (χ2v) is 8.55. The standard InChI is InChI=1S/C25H26N2O3S/c1-30-23(28)15-9-8-14-22-24-21(18-31-22)26(16-19-10-4-2-5-11-19)25(29)27(24)17-20-12-6-3-7-13-20/h2-7,10-14,18,24H,8-9,15-17H2,1H3/t24-/m0/s1. The number of ether oxygens (including phenoxy) is 1. The molecule has 2 aromatic carbocycles. The summed E-state index contributed by atoms with van der Waals surface area (Å²) in [6.45, 7) is 1.12. The molecular formula is C25H26N2O3S. The Morgan fingerprint density at radius 2 is 1.68 bits per heavy atom. The van der Waals surface area contributed by atoms with Gasteiger partial charge in [0.25, 0.3) is 0 Å². The predicted molar refractivity (Wildman–Crippen MR) is 123 cm³/mol. The minimum Gasteiger partial charge on any atom is -0.469 e. The Kier molecular flexibility index (Phi) is 6.77. The van der Waals surface area contributed by atoms with Gasteiger partial charge in [0.1, 0.15) is 6.04 Å². The average molecular weight is 435 g/mol. The van der Waals surface area contributed by atoms with Crippen molar-refractivity contribution in [3.63, 3.8) is 0 Å². The van der Waals surface area contributed by atoms with E-state index in [1.54, 1.807) is 11.8 Å². The molecule has 160 valence electrons. The number of thioether (sulfide) groups is 1. The Labute approximate surface area is 187 Å². The number of amides is 2. The number of nitrogens with zero attached hydrogens (tertiary/aromatic N) is 2. The van der Waals surface area contributed by atoms with Crippen LogP contribution in [0.5, 0.6) is 0 Å². The molecule has 1 fully saturated rings. The molecule has 6 heteroatoms. The molecule has 0 unspecified atom stereocenters. The summed E-state index contributed by atoms with van der Waals surface area (Å²) in [6, 6.07) is 20.1. The zero-order chi connectivity index (χ0) is 21.6. The van der Waals surface area contributed by atoms with E-state index in [9.17, 15) is 9.59 Å². The van der Waals surface area contributed by atoms with Gasteiger partial charge in [0.2, 0.25) is 0 Å². The highest BCUT2D eigenvalue weighted by Gasteiger charge is 2.46. The van der Waals surface area contributed by atoms with Gasteiger partial charge >= 0.3 is 12.0 Å². The van der Waals surface area contributed by atoms with E-state index < -0.39 is 0 Å². The van der Waals surface area contributed by atoms with Gasteiger partial charge < -0.3 is 9.64 Å². The number of allylic oxidation sites excluding steroid dienone is 1. The van der Waals surface area contributed by atoms with Crippen LogP contribution in [0.2, 0.25) is 0 Å². The van der Waals surface area contributed by atoms with Crippen LogP contribution in [-0.2, 0) is 22.6 Å². The summed E-state index contributed by atoms with van der Waals surface area (Å²) in [7, 11) is 1.41. The monoisotopic (exact) mass is 434 g/mol. The van der Waals surface area contributed by atoms with E-state index in [0.717, 1.165) is 34.6 Å². The zero-order valence-electron chi connectivity index (χ0n) is 17.6. The van der Waals surface area contributed by atoms with Gasteiger partial charge in [-0.25, -0.2) is 4.79 Å². The molecule has 0 aliphatic carbocycles. The summed E-state index contributed by atoms with van der Waals surface area (Å²) < 4.78 is 4.73. The van der Waals surface area contributed by atoms with Crippen LogP contribution in [0, 0.1) is 0 Å². The van der Waals surface area contributed by atoms with Crippen molar-refractivity contribution in [3.8, 4) is 0 Å². The third kappa shape index (κ3) is 4.85. The molecule has 2 aliphatic rings. The Balaban J connectivity index is 1.55. The van der Waals surface area contributed by atoms with Crippen LogP contribution < -0.4 is 0 Å². The van der Waals surface area contributed by atoms with Crippen molar-refractivity contribution in [1.82, 2.24) is 9.80 Å². The number of methoxy groups -OCH3 is 1. The highest BCUT2D eigenvalue weighted by molar-refractivity contribution is 8.06. The van der Waals surface area contributed by atoms with Gasteiger partial charge in [-0.05, 0) is 29.4 Å². The largest absolute Gasteiger partial charge is 0.469 e.